The number of phosphoric ester groups is 2. The molecule has 0 aliphatic heterocycles. The van der Waals surface area contributed by atoms with Crippen molar-refractivity contribution in [3.63, 3.8) is 0 Å². The van der Waals surface area contributed by atoms with Crippen molar-refractivity contribution in [2.24, 2.45) is 5.73 Å². The number of hydrogen-bond acceptors (Lipinski definition) is 8. The molecule has 0 amide bonds. The van der Waals surface area contributed by atoms with Gasteiger partial charge in [-0.2, -0.15) is 0 Å². The third kappa shape index (κ3) is 14.6. The third-order valence-corrected chi connectivity index (χ3v) is 3.65. The first-order valence-electron chi connectivity index (χ1n) is 6.25. The highest BCUT2D eigenvalue weighted by atomic mass is 31.2. The van der Waals surface area contributed by atoms with Crippen molar-refractivity contribution < 1.29 is 37.4 Å². The quantitative estimate of drug-likeness (QED) is 0.346. The highest BCUT2D eigenvalue weighted by Gasteiger charge is 2.09. The van der Waals surface area contributed by atoms with Crippen molar-refractivity contribution in [3.05, 3.63) is 0 Å². The maximum absolute atomic E-state index is 11.2. The third-order valence-electron chi connectivity index (χ3n) is 2.14. The van der Waals surface area contributed by atoms with E-state index >= 15 is 0 Å². The van der Waals surface area contributed by atoms with Gasteiger partial charge in [-0.15, -0.1) is 0 Å². The second-order valence-corrected chi connectivity index (χ2v) is 6.58. The van der Waals surface area contributed by atoms with Gasteiger partial charge in [0.25, 0.3) is 15.6 Å². The molecule has 2 unspecified atom stereocenters. The molecule has 0 saturated heterocycles. The summed E-state index contributed by atoms with van der Waals surface area (Å²) >= 11 is 0. The average molecular weight is 333 g/mol. The molecular formula is C9H21NO8P2-2. The Hall–Kier alpha value is 0.180. The lowest BCUT2D eigenvalue weighted by atomic mass is 10.2. The highest BCUT2D eigenvalue weighted by Crippen LogP contribution is 2.38. The van der Waals surface area contributed by atoms with Crippen molar-refractivity contribution >= 4 is 15.6 Å². The first-order chi connectivity index (χ1) is 9.27. The second-order valence-electron chi connectivity index (χ2n) is 3.97. The maximum atomic E-state index is 11.2. The first kappa shape index (κ1) is 20.2. The van der Waals surface area contributed by atoms with Gasteiger partial charge in [0.1, 0.15) is 0 Å². The fraction of sp³-hybridized carbons (Fsp3) is 1.00. The monoisotopic (exact) mass is 333 g/mol. The van der Waals surface area contributed by atoms with Gasteiger partial charge in [0.15, 0.2) is 0 Å². The molecule has 0 aromatic rings. The molecule has 0 aliphatic carbocycles. The topological polar surface area (TPSA) is 154 Å². The second kappa shape index (κ2) is 10.8. The lowest BCUT2D eigenvalue weighted by Gasteiger charge is -2.23. The van der Waals surface area contributed by atoms with E-state index in [1.54, 1.807) is 0 Å². The summed E-state index contributed by atoms with van der Waals surface area (Å²) in [4.78, 5) is 29.7. The molecule has 2 atom stereocenters. The molecule has 0 saturated carbocycles. The van der Waals surface area contributed by atoms with Crippen molar-refractivity contribution in [1.29, 1.82) is 0 Å². The molecule has 122 valence electrons. The SMILES string of the molecule is NCCCCCCOP(=O)([O-])OCCCOP(=O)([O-])O. The molecule has 3 N–H and O–H groups in total. The van der Waals surface area contributed by atoms with Gasteiger partial charge in [0.2, 0.25) is 0 Å². The molecule has 0 rings (SSSR count). The van der Waals surface area contributed by atoms with E-state index in [4.69, 9.17) is 10.6 Å². The van der Waals surface area contributed by atoms with E-state index in [0.717, 1.165) is 19.3 Å². The van der Waals surface area contributed by atoms with Gasteiger partial charge in [-0.3, -0.25) is 9.13 Å². The largest absolute Gasteiger partial charge is 0.756 e. The molecule has 0 fully saturated rings. The number of nitrogens with two attached hydrogens (primary N) is 1. The first-order valence-corrected chi connectivity index (χ1v) is 9.21. The molecule has 0 spiro atoms. The van der Waals surface area contributed by atoms with E-state index in [2.05, 4.69) is 13.6 Å². The van der Waals surface area contributed by atoms with Crippen LogP contribution >= 0.6 is 15.6 Å². The predicted octanol–water partition coefficient (Wildman–Crippen LogP) is -0.126. The minimum absolute atomic E-state index is 0.0150. The zero-order valence-corrected chi connectivity index (χ0v) is 12.9. The van der Waals surface area contributed by atoms with Gasteiger partial charge >= 0.3 is 0 Å². The number of hydrogen-bond donors (Lipinski definition) is 2. The van der Waals surface area contributed by atoms with E-state index < -0.39 is 15.6 Å². The summed E-state index contributed by atoms with van der Waals surface area (Å²) in [7, 11) is -9.14. The highest BCUT2D eigenvalue weighted by molar-refractivity contribution is 7.45. The normalized spacial score (nSPS) is 17.6. The zero-order chi connectivity index (χ0) is 15.5. The Morgan fingerprint density at radius 1 is 0.850 bits per heavy atom. The van der Waals surface area contributed by atoms with Gasteiger partial charge < -0.3 is 34.0 Å². The Kier molecular flexibility index (Phi) is 10.9. The molecule has 0 aliphatic rings. The van der Waals surface area contributed by atoms with Crippen LogP contribution in [-0.4, -0.2) is 31.3 Å². The Morgan fingerprint density at radius 2 is 1.35 bits per heavy atom. The van der Waals surface area contributed by atoms with Crippen molar-refractivity contribution in [3.8, 4) is 0 Å². The molecule has 20 heavy (non-hydrogen) atoms. The van der Waals surface area contributed by atoms with Crippen LogP contribution in [0.1, 0.15) is 32.1 Å². The number of phosphoric acid groups is 2. The van der Waals surface area contributed by atoms with Crippen LogP contribution in [-0.2, 0) is 22.7 Å². The Labute approximate surface area is 118 Å². The molecular weight excluding hydrogens is 312 g/mol. The van der Waals surface area contributed by atoms with Crippen LogP contribution < -0.4 is 15.5 Å². The van der Waals surface area contributed by atoms with E-state index in [-0.39, 0.29) is 26.2 Å². The zero-order valence-electron chi connectivity index (χ0n) is 11.1. The lowest BCUT2D eigenvalue weighted by molar-refractivity contribution is -0.225. The van der Waals surface area contributed by atoms with E-state index in [1.807, 2.05) is 0 Å². The summed E-state index contributed by atoms with van der Waals surface area (Å²) in [5, 5.41) is 0. The molecule has 0 radical (unpaired) electrons. The summed E-state index contributed by atoms with van der Waals surface area (Å²) < 4.78 is 34.5. The van der Waals surface area contributed by atoms with Gasteiger partial charge in [-0.05, 0) is 25.8 Å². The van der Waals surface area contributed by atoms with Crippen LogP contribution in [0, 0.1) is 0 Å². The maximum Gasteiger partial charge on any atom is 0.267 e. The Bertz CT molecular complexity index is 334. The minimum atomic E-state index is -4.77. The average Bonchev–Trinajstić information content (AvgIpc) is 2.31. The lowest BCUT2D eigenvalue weighted by Crippen LogP contribution is -2.11. The summed E-state index contributed by atoms with van der Waals surface area (Å²) in [6.07, 6.45) is 3.19. The summed E-state index contributed by atoms with van der Waals surface area (Å²) in [5.74, 6) is 0. The van der Waals surface area contributed by atoms with Crippen LogP contribution in [0.2, 0.25) is 0 Å². The van der Waals surface area contributed by atoms with Crippen molar-refractivity contribution in [1.82, 2.24) is 0 Å². The van der Waals surface area contributed by atoms with Gasteiger partial charge in [0, 0.05) is 0 Å². The summed E-state index contributed by atoms with van der Waals surface area (Å²) in [6, 6.07) is 0. The van der Waals surface area contributed by atoms with Crippen molar-refractivity contribution in [2.75, 3.05) is 26.4 Å². The van der Waals surface area contributed by atoms with E-state index in [0.29, 0.717) is 13.0 Å². The van der Waals surface area contributed by atoms with Crippen LogP contribution in [0.3, 0.4) is 0 Å². The molecule has 11 heteroatoms. The van der Waals surface area contributed by atoms with E-state index in [9.17, 15) is 18.9 Å². The molecule has 0 heterocycles. The number of unbranched alkanes of at least 4 members (excludes halogenated alkanes) is 3. The van der Waals surface area contributed by atoms with Crippen LogP contribution in [0.15, 0.2) is 0 Å². The molecule has 0 aromatic carbocycles. The van der Waals surface area contributed by atoms with E-state index in [1.165, 1.54) is 0 Å². The van der Waals surface area contributed by atoms with Crippen LogP contribution in [0.25, 0.3) is 0 Å². The minimum Gasteiger partial charge on any atom is -0.756 e. The summed E-state index contributed by atoms with van der Waals surface area (Å²) in [6.45, 7) is -0.00517. The van der Waals surface area contributed by atoms with Crippen LogP contribution in [0.5, 0.6) is 0 Å². The Balaban J connectivity index is 3.54. The van der Waals surface area contributed by atoms with Crippen LogP contribution in [0.4, 0.5) is 0 Å². The molecule has 9 nitrogen and oxygen atoms in total. The Morgan fingerprint density at radius 3 is 1.90 bits per heavy atom. The standard InChI is InChI=1S/C9H23NO8P2/c10-6-3-1-2-4-7-17-20(14,15)18-9-5-8-16-19(11,12)13/h1-10H2,(H,14,15)(H2,11,12,13)/p-2. The fourth-order valence-electron chi connectivity index (χ4n) is 1.23. The smallest absolute Gasteiger partial charge is 0.267 e. The van der Waals surface area contributed by atoms with Gasteiger partial charge in [-0.1, -0.05) is 12.8 Å². The molecule has 0 bridgehead atoms. The fourth-order valence-corrected chi connectivity index (χ4v) is 2.37. The predicted molar refractivity (Wildman–Crippen MR) is 67.4 cm³/mol. The van der Waals surface area contributed by atoms with Gasteiger partial charge in [0.05, 0.1) is 19.8 Å². The molecule has 0 aromatic heterocycles. The van der Waals surface area contributed by atoms with Crippen molar-refractivity contribution in [2.45, 2.75) is 32.1 Å². The summed E-state index contributed by atoms with van der Waals surface area (Å²) in [5.41, 5.74) is 5.31. The van der Waals surface area contributed by atoms with Gasteiger partial charge in [-0.25, -0.2) is 0 Å². The number of rotatable bonds is 13.